The number of amides is 1. The van der Waals surface area contributed by atoms with E-state index < -0.39 is 0 Å². The van der Waals surface area contributed by atoms with E-state index in [2.05, 4.69) is 27.7 Å². The van der Waals surface area contributed by atoms with Gasteiger partial charge in [-0.3, -0.25) is 9.69 Å². The molecule has 4 nitrogen and oxygen atoms in total. The minimum atomic E-state index is -0.143. The van der Waals surface area contributed by atoms with E-state index in [9.17, 15) is 4.79 Å². The van der Waals surface area contributed by atoms with Gasteiger partial charge in [0.15, 0.2) is 5.76 Å². The van der Waals surface area contributed by atoms with Crippen LogP contribution in [0.2, 0.25) is 0 Å². The molecule has 1 N–H and O–H groups in total. The highest BCUT2D eigenvalue weighted by Gasteiger charge is 2.25. The standard InChI is InChI=1S/C15H18N2O2S/c18-15(13-5-3-9-19-13)16-11-12(14-6-4-10-20-14)17-7-1-2-8-17/h3-6,9-10,12H,1-2,7-8,11H2,(H,16,18). The predicted octanol–water partition coefficient (Wildman–Crippen LogP) is 2.91. The van der Waals surface area contributed by atoms with E-state index >= 15 is 0 Å². The number of thiophene rings is 1. The van der Waals surface area contributed by atoms with Crippen LogP contribution in [0.25, 0.3) is 0 Å². The van der Waals surface area contributed by atoms with Crippen molar-refractivity contribution in [1.29, 1.82) is 0 Å². The number of hydrogen-bond donors (Lipinski definition) is 1. The summed E-state index contributed by atoms with van der Waals surface area (Å²) in [6.45, 7) is 2.85. The SMILES string of the molecule is O=C(NCC(c1cccs1)N1CCCC1)c1ccco1. The summed E-state index contributed by atoms with van der Waals surface area (Å²) in [6.07, 6.45) is 4.01. The highest BCUT2D eigenvalue weighted by molar-refractivity contribution is 7.10. The van der Waals surface area contributed by atoms with Gasteiger partial charge in [-0.1, -0.05) is 6.07 Å². The fourth-order valence-corrected chi connectivity index (χ4v) is 3.49. The molecule has 0 spiro atoms. The molecule has 1 aliphatic heterocycles. The third-order valence-electron chi connectivity index (χ3n) is 3.65. The van der Waals surface area contributed by atoms with Crippen LogP contribution < -0.4 is 5.32 Å². The minimum absolute atomic E-state index is 0.143. The lowest BCUT2D eigenvalue weighted by atomic mass is 10.2. The molecule has 1 fully saturated rings. The van der Waals surface area contributed by atoms with Crippen molar-refractivity contribution in [3.63, 3.8) is 0 Å². The van der Waals surface area contributed by atoms with Gasteiger partial charge in [0.05, 0.1) is 12.3 Å². The monoisotopic (exact) mass is 290 g/mol. The van der Waals surface area contributed by atoms with Crippen LogP contribution in [0.15, 0.2) is 40.3 Å². The maximum absolute atomic E-state index is 12.0. The van der Waals surface area contributed by atoms with Crippen molar-refractivity contribution >= 4 is 17.2 Å². The second kappa shape index (κ2) is 6.24. The number of carbonyl (C=O) groups excluding carboxylic acids is 1. The van der Waals surface area contributed by atoms with E-state index in [4.69, 9.17) is 4.42 Å². The number of likely N-dealkylation sites (tertiary alicyclic amines) is 1. The van der Waals surface area contributed by atoms with E-state index in [1.807, 2.05) is 0 Å². The number of furan rings is 1. The highest BCUT2D eigenvalue weighted by Crippen LogP contribution is 2.27. The van der Waals surface area contributed by atoms with Crippen LogP contribution in [0.4, 0.5) is 0 Å². The summed E-state index contributed by atoms with van der Waals surface area (Å²) in [4.78, 5) is 15.7. The first-order valence-electron chi connectivity index (χ1n) is 6.94. The van der Waals surface area contributed by atoms with Crippen molar-refractivity contribution in [1.82, 2.24) is 10.2 Å². The molecule has 5 heteroatoms. The Hall–Kier alpha value is -1.59. The van der Waals surface area contributed by atoms with Crippen LogP contribution >= 0.6 is 11.3 Å². The Bertz CT molecular complexity index is 530. The third-order valence-corrected chi connectivity index (χ3v) is 4.63. The van der Waals surface area contributed by atoms with Gasteiger partial charge in [0.1, 0.15) is 0 Å². The van der Waals surface area contributed by atoms with Crippen LogP contribution in [0.5, 0.6) is 0 Å². The molecule has 1 unspecified atom stereocenters. The average molecular weight is 290 g/mol. The van der Waals surface area contributed by atoms with E-state index in [-0.39, 0.29) is 11.9 Å². The Balaban J connectivity index is 1.66. The summed E-state index contributed by atoms with van der Waals surface area (Å²) < 4.78 is 5.12. The van der Waals surface area contributed by atoms with Gasteiger partial charge < -0.3 is 9.73 Å². The lowest BCUT2D eigenvalue weighted by Gasteiger charge is -2.26. The molecular weight excluding hydrogens is 272 g/mol. The molecule has 1 atom stereocenters. The molecule has 1 amide bonds. The van der Waals surface area contributed by atoms with Crippen LogP contribution in [-0.2, 0) is 0 Å². The van der Waals surface area contributed by atoms with E-state index in [1.54, 1.807) is 23.5 Å². The normalized spacial score (nSPS) is 17.2. The van der Waals surface area contributed by atoms with Crippen LogP contribution in [0, 0.1) is 0 Å². The zero-order chi connectivity index (χ0) is 13.8. The molecule has 1 saturated heterocycles. The lowest BCUT2D eigenvalue weighted by molar-refractivity contribution is 0.0910. The van der Waals surface area contributed by atoms with Crippen molar-refractivity contribution in [3.05, 3.63) is 46.5 Å². The summed E-state index contributed by atoms with van der Waals surface area (Å²) in [5.74, 6) is 0.229. The molecule has 3 rings (SSSR count). The van der Waals surface area contributed by atoms with Gasteiger partial charge in [0, 0.05) is 11.4 Å². The molecule has 106 valence electrons. The lowest BCUT2D eigenvalue weighted by Crippen LogP contribution is -2.36. The van der Waals surface area contributed by atoms with Crippen molar-refractivity contribution in [2.75, 3.05) is 19.6 Å². The van der Waals surface area contributed by atoms with Gasteiger partial charge in [0.2, 0.25) is 0 Å². The van der Waals surface area contributed by atoms with Gasteiger partial charge in [-0.15, -0.1) is 11.3 Å². The summed E-state index contributed by atoms with van der Waals surface area (Å²) >= 11 is 1.75. The number of rotatable bonds is 5. The summed E-state index contributed by atoms with van der Waals surface area (Å²) in [5.41, 5.74) is 0. The second-order valence-corrected chi connectivity index (χ2v) is 5.94. The molecule has 3 heterocycles. The molecule has 2 aromatic rings. The van der Waals surface area contributed by atoms with Gasteiger partial charge in [-0.2, -0.15) is 0 Å². The molecule has 2 aromatic heterocycles. The van der Waals surface area contributed by atoms with Crippen molar-refractivity contribution in [2.24, 2.45) is 0 Å². The topological polar surface area (TPSA) is 45.5 Å². The van der Waals surface area contributed by atoms with Crippen molar-refractivity contribution < 1.29 is 9.21 Å². The number of carbonyl (C=O) groups is 1. The molecule has 0 saturated carbocycles. The van der Waals surface area contributed by atoms with Gasteiger partial charge in [-0.05, 0) is 49.5 Å². The molecule has 0 aliphatic carbocycles. The molecule has 0 radical (unpaired) electrons. The van der Waals surface area contributed by atoms with E-state index in [0.717, 1.165) is 13.1 Å². The van der Waals surface area contributed by atoms with Crippen LogP contribution in [0.3, 0.4) is 0 Å². The first-order chi connectivity index (χ1) is 9.84. The van der Waals surface area contributed by atoms with E-state index in [0.29, 0.717) is 12.3 Å². The first kappa shape index (κ1) is 13.4. The highest BCUT2D eigenvalue weighted by atomic mass is 32.1. The molecule has 0 aromatic carbocycles. The Kier molecular flexibility index (Phi) is 4.18. The Labute approximate surface area is 122 Å². The Morgan fingerprint density at radius 2 is 2.20 bits per heavy atom. The van der Waals surface area contributed by atoms with Gasteiger partial charge in [0.25, 0.3) is 5.91 Å². The predicted molar refractivity (Wildman–Crippen MR) is 78.9 cm³/mol. The van der Waals surface area contributed by atoms with Gasteiger partial charge in [-0.25, -0.2) is 0 Å². The Morgan fingerprint density at radius 1 is 1.35 bits per heavy atom. The summed E-state index contributed by atoms with van der Waals surface area (Å²) in [7, 11) is 0. The van der Waals surface area contributed by atoms with Crippen molar-refractivity contribution in [2.45, 2.75) is 18.9 Å². The maximum Gasteiger partial charge on any atom is 0.287 e. The maximum atomic E-state index is 12.0. The van der Waals surface area contributed by atoms with Crippen LogP contribution in [-0.4, -0.2) is 30.4 Å². The number of nitrogens with zero attached hydrogens (tertiary/aromatic N) is 1. The largest absolute Gasteiger partial charge is 0.459 e. The van der Waals surface area contributed by atoms with Crippen molar-refractivity contribution in [3.8, 4) is 0 Å². The summed E-state index contributed by atoms with van der Waals surface area (Å²) in [6, 6.07) is 7.90. The second-order valence-electron chi connectivity index (χ2n) is 4.96. The average Bonchev–Trinajstić information content (AvgIpc) is 3.22. The van der Waals surface area contributed by atoms with E-state index in [1.165, 1.54) is 24.0 Å². The fourth-order valence-electron chi connectivity index (χ4n) is 2.63. The molecular formula is C15H18N2O2S. The molecule has 0 bridgehead atoms. The van der Waals surface area contributed by atoms with Gasteiger partial charge >= 0.3 is 0 Å². The molecule has 20 heavy (non-hydrogen) atoms. The Morgan fingerprint density at radius 3 is 2.85 bits per heavy atom. The quantitative estimate of drug-likeness (QED) is 0.921. The first-order valence-corrected chi connectivity index (χ1v) is 7.82. The molecule has 1 aliphatic rings. The third kappa shape index (κ3) is 2.94. The minimum Gasteiger partial charge on any atom is -0.459 e. The summed E-state index contributed by atoms with van der Waals surface area (Å²) in [5, 5.41) is 5.07. The number of hydrogen-bond acceptors (Lipinski definition) is 4. The smallest absolute Gasteiger partial charge is 0.287 e. The number of nitrogens with one attached hydrogen (secondary N) is 1. The zero-order valence-electron chi connectivity index (χ0n) is 11.2. The zero-order valence-corrected chi connectivity index (χ0v) is 12.1. The van der Waals surface area contributed by atoms with Crippen LogP contribution in [0.1, 0.15) is 34.3 Å². The fraction of sp³-hybridized carbons (Fsp3) is 0.400.